The summed E-state index contributed by atoms with van der Waals surface area (Å²) >= 11 is 1.71. The third-order valence-corrected chi connectivity index (χ3v) is 3.06. The van der Waals surface area contributed by atoms with E-state index in [1.54, 1.807) is 18.0 Å². The summed E-state index contributed by atoms with van der Waals surface area (Å²) in [5.41, 5.74) is 1.14. The van der Waals surface area contributed by atoms with Crippen LogP contribution < -0.4 is 5.32 Å². The van der Waals surface area contributed by atoms with Gasteiger partial charge >= 0.3 is 0 Å². The molecule has 0 saturated heterocycles. The van der Waals surface area contributed by atoms with E-state index >= 15 is 0 Å². The molecular weight excluding hydrogens is 238 g/mol. The van der Waals surface area contributed by atoms with E-state index in [1.807, 2.05) is 6.92 Å². The monoisotopic (exact) mass is 255 g/mol. The molecule has 0 unspecified atom stereocenters. The third kappa shape index (κ3) is 5.65. The van der Waals surface area contributed by atoms with Gasteiger partial charge in [-0.15, -0.1) is 0 Å². The summed E-state index contributed by atoms with van der Waals surface area (Å²) in [6.45, 7) is 2.65. The Bertz CT molecular complexity index is 343. The highest BCUT2D eigenvalue weighted by molar-refractivity contribution is 7.99. The molecule has 17 heavy (non-hydrogen) atoms. The van der Waals surface area contributed by atoms with Crippen molar-refractivity contribution in [1.29, 1.82) is 0 Å². The molecule has 1 aromatic heterocycles. The number of hydrogen-bond acceptors (Lipinski definition) is 5. The molecule has 2 N–H and O–H groups in total. The van der Waals surface area contributed by atoms with Crippen molar-refractivity contribution in [3.63, 3.8) is 0 Å². The first-order chi connectivity index (χ1) is 8.24. The summed E-state index contributed by atoms with van der Waals surface area (Å²) in [7, 11) is 0. The fraction of sp³-hybridized carbons (Fsp3) is 0.545. The fourth-order valence-corrected chi connectivity index (χ4v) is 1.89. The number of nitrogens with one attached hydrogen (secondary N) is 1. The second-order valence-corrected chi connectivity index (χ2v) is 4.71. The van der Waals surface area contributed by atoms with Gasteiger partial charge in [-0.05, 0) is 19.1 Å². The number of nitrogens with zero attached hydrogens (tertiary/aromatic N) is 2. The molecule has 0 aromatic carbocycles. The third-order valence-electron chi connectivity index (χ3n) is 1.99. The minimum Gasteiger partial charge on any atom is -0.396 e. The van der Waals surface area contributed by atoms with Crippen LogP contribution in [0.5, 0.6) is 0 Å². The number of hydrogen-bond donors (Lipinski definition) is 2. The second-order valence-electron chi connectivity index (χ2n) is 3.49. The first-order valence-electron chi connectivity index (χ1n) is 5.49. The standard InChI is InChI=1S/C11H17N3O2S/c1-9-7-14-10(8-13-9)11(16)12-3-6-17-5-2-4-15/h7-8,15H,2-6H2,1H3,(H,12,16). The molecule has 1 rings (SSSR count). The Hall–Kier alpha value is -1.14. The average Bonchev–Trinajstić information content (AvgIpc) is 2.34. The topological polar surface area (TPSA) is 75.1 Å². The lowest BCUT2D eigenvalue weighted by atomic mass is 10.4. The minimum atomic E-state index is -0.194. The zero-order valence-corrected chi connectivity index (χ0v) is 10.7. The van der Waals surface area contributed by atoms with Gasteiger partial charge in [-0.2, -0.15) is 11.8 Å². The number of aliphatic hydroxyl groups excluding tert-OH is 1. The van der Waals surface area contributed by atoms with Crippen molar-refractivity contribution < 1.29 is 9.90 Å². The molecule has 0 atom stereocenters. The molecule has 0 radical (unpaired) electrons. The zero-order chi connectivity index (χ0) is 12.5. The Labute approximate surface area is 105 Å². The maximum atomic E-state index is 11.6. The number of carbonyl (C=O) groups excluding carboxylic acids is 1. The molecular formula is C11H17N3O2S. The van der Waals surface area contributed by atoms with Crippen LogP contribution in [0.25, 0.3) is 0 Å². The van der Waals surface area contributed by atoms with Crippen LogP contribution in [0, 0.1) is 6.92 Å². The van der Waals surface area contributed by atoms with Gasteiger partial charge in [0.15, 0.2) is 0 Å². The average molecular weight is 255 g/mol. The van der Waals surface area contributed by atoms with Crippen LogP contribution in [0.4, 0.5) is 0 Å². The molecule has 6 heteroatoms. The van der Waals surface area contributed by atoms with Crippen molar-refractivity contribution in [1.82, 2.24) is 15.3 Å². The molecule has 0 aliphatic rings. The molecule has 0 aliphatic carbocycles. The molecule has 1 amide bonds. The van der Waals surface area contributed by atoms with E-state index in [1.165, 1.54) is 6.20 Å². The number of aryl methyl sites for hydroxylation is 1. The van der Waals surface area contributed by atoms with E-state index in [0.29, 0.717) is 12.2 Å². The highest BCUT2D eigenvalue weighted by atomic mass is 32.2. The van der Waals surface area contributed by atoms with E-state index < -0.39 is 0 Å². The Balaban J connectivity index is 2.19. The van der Waals surface area contributed by atoms with E-state index in [9.17, 15) is 4.79 Å². The van der Waals surface area contributed by atoms with Crippen molar-refractivity contribution in [2.75, 3.05) is 24.7 Å². The van der Waals surface area contributed by atoms with Crippen molar-refractivity contribution in [2.24, 2.45) is 0 Å². The Morgan fingerprint density at radius 2 is 2.24 bits per heavy atom. The van der Waals surface area contributed by atoms with E-state index in [0.717, 1.165) is 23.6 Å². The normalized spacial score (nSPS) is 10.2. The van der Waals surface area contributed by atoms with Crippen molar-refractivity contribution in [3.8, 4) is 0 Å². The SMILES string of the molecule is Cc1cnc(C(=O)NCCSCCCO)cn1. The predicted octanol–water partition coefficient (Wildman–Crippen LogP) is 0.630. The fourth-order valence-electron chi connectivity index (χ4n) is 1.11. The molecule has 1 heterocycles. The van der Waals surface area contributed by atoms with Crippen LogP contribution in [0.15, 0.2) is 12.4 Å². The smallest absolute Gasteiger partial charge is 0.271 e. The highest BCUT2D eigenvalue weighted by Crippen LogP contribution is 2.00. The van der Waals surface area contributed by atoms with Crippen molar-refractivity contribution in [2.45, 2.75) is 13.3 Å². The quantitative estimate of drug-likeness (QED) is 0.699. The first kappa shape index (κ1) is 13.9. The van der Waals surface area contributed by atoms with E-state index in [2.05, 4.69) is 15.3 Å². The van der Waals surface area contributed by atoms with Crippen LogP contribution in [-0.4, -0.2) is 45.6 Å². The second kappa shape index (κ2) is 8.03. The number of rotatable bonds is 7. The predicted molar refractivity (Wildman–Crippen MR) is 68.1 cm³/mol. The van der Waals surface area contributed by atoms with Gasteiger partial charge in [0.1, 0.15) is 5.69 Å². The summed E-state index contributed by atoms with van der Waals surface area (Å²) in [4.78, 5) is 19.6. The van der Waals surface area contributed by atoms with Crippen LogP contribution >= 0.6 is 11.8 Å². The number of thioether (sulfide) groups is 1. The number of carbonyl (C=O) groups is 1. The lowest BCUT2D eigenvalue weighted by molar-refractivity contribution is 0.0951. The highest BCUT2D eigenvalue weighted by Gasteiger charge is 2.05. The summed E-state index contributed by atoms with van der Waals surface area (Å²) in [6.07, 6.45) is 3.84. The lowest BCUT2D eigenvalue weighted by Crippen LogP contribution is -2.26. The zero-order valence-electron chi connectivity index (χ0n) is 9.85. The van der Waals surface area contributed by atoms with Crippen molar-refractivity contribution >= 4 is 17.7 Å². The van der Waals surface area contributed by atoms with E-state index in [4.69, 9.17) is 5.11 Å². The maximum absolute atomic E-state index is 11.6. The van der Waals surface area contributed by atoms with Gasteiger partial charge in [0.05, 0.1) is 11.9 Å². The van der Waals surface area contributed by atoms with Crippen LogP contribution in [0.2, 0.25) is 0 Å². The van der Waals surface area contributed by atoms with Gasteiger partial charge in [-0.1, -0.05) is 0 Å². The van der Waals surface area contributed by atoms with Gasteiger partial charge in [0, 0.05) is 25.1 Å². The molecule has 94 valence electrons. The number of aromatic nitrogens is 2. The van der Waals surface area contributed by atoms with Crippen LogP contribution in [0.3, 0.4) is 0 Å². The van der Waals surface area contributed by atoms with Crippen LogP contribution in [0.1, 0.15) is 22.6 Å². The van der Waals surface area contributed by atoms with Gasteiger partial charge < -0.3 is 10.4 Å². The summed E-state index contributed by atoms with van der Waals surface area (Å²) < 4.78 is 0. The molecule has 0 bridgehead atoms. The van der Waals surface area contributed by atoms with Gasteiger partial charge in [-0.3, -0.25) is 9.78 Å². The molecule has 5 nitrogen and oxygen atoms in total. The first-order valence-corrected chi connectivity index (χ1v) is 6.65. The molecule has 0 spiro atoms. The molecule has 0 saturated carbocycles. The van der Waals surface area contributed by atoms with Gasteiger partial charge in [0.25, 0.3) is 5.91 Å². The largest absolute Gasteiger partial charge is 0.396 e. The summed E-state index contributed by atoms with van der Waals surface area (Å²) in [5.74, 6) is 1.56. The summed E-state index contributed by atoms with van der Waals surface area (Å²) in [6, 6.07) is 0. The summed E-state index contributed by atoms with van der Waals surface area (Å²) in [5, 5.41) is 11.4. The molecule has 0 fully saturated rings. The number of amides is 1. The van der Waals surface area contributed by atoms with E-state index in [-0.39, 0.29) is 12.5 Å². The maximum Gasteiger partial charge on any atom is 0.271 e. The lowest BCUT2D eigenvalue weighted by Gasteiger charge is -2.04. The molecule has 0 aliphatic heterocycles. The molecule has 1 aromatic rings. The Morgan fingerprint density at radius 3 is 2.88 bits per heavy atom. The number of aliphatic hydroxyl groups is 1. The van der Waals surface area contributed by atoms with Gasteiger partial charge in [0.2, 0.25) is 0 Å². The van der Waals surface area contributed by atoms with Gasteiger partial charge in [-0.25, -0.2) is 4.98 Å². The Morgan fingerprint density at radius 1 is 1.41 bits per heavy atom. The van der Waals surface area contributed by atoms with Crippen molar-refractivity contribution in [3.05, 3.63) is 23.8 Å². The Kier molecular flexibility index (Phi) is 6.57. The minimum absolute atomic E-state index is 0.194. The van der Waals surface area contributed by atoms with Crippen LogP contribution in [-0.2, 0) is 0 Å².